The average molecular weight is 307 g/mol. The number of methoxy groups -OCH3 is 1. The van der Waals surface area contributed by atoms with Crippen molar-refractivity contribution < 1.29 is 9.53 Å². The van der Waals surface area contributed by atoms with Crippen molar-refractivity contribution in [2.24, 2.45) is 10.9 Å². The van der Waals surface area contributed by atoms with Gasteiger partial charge in [0, 0.05) is 11.1 Å². The zero-order chi connectivity index (χ0) is 16.1. The van der Waals surface area contributed by atoms with Crippen molar-refractivity contribution in [1.82, 2.24) is 0 Å². The van der Waals surface area contributed by atoms with Gasteiger partial charge in [0.25, 0.3) is 0 Å². The molecule has 23 heavy (non-hydrogen) atoms. The Labute approximate surface area is 137 Å². The molecule has 3 rings (SSSR count). The van der Waals surface area contributed by atoms with E-state index >= 15 is 0 Å². The molecule has 0 heterocycles. The smallest absolute Gasteiger partial charge is 0.308 e. The number of carbonyl (C=O) groups excluding carboxylic acids is 1. The van der Waals surface area contributed by atoms with Crippen molar-refractivity contribution in [1.29, 1.82) is 0 Å². The fourth-order valence-electron chi connectivity index (χ4n) is 3.15. The van der Waals surface area contributed by atoms with Crippen LogP contribution in [0, 0.1) is 5.92 Å². The van der Waals surface area contributed by atoms with Crippen LogP contribution in [0.3, 0.4) is 0 Å². The minimum absolute atomic E-state index is 0.0125. The Morgan fingerprint density at radius 2 is 1.52 bits per heavy atom. The monoisotopic (exact) mass is 307 g/mol. The minimum atomic E-state index is -0.108. The Bertz CT molecular complexity index is 638. The Balaban J connectivity index is 1.89. The number of rotatable bonds is 4. The molecular weight excluding hydrogens is 286 g/mol. The Morgan fingerprint density at radius 1 is 0.957 bits per heavy atom. The number of carbonyl (C=O) groups is 1. The first-order valence-electron chi connectivity index (χ1n) is 8.04. The molecule has 2 aromatic rings. The molecule has 3 heteroatoms. The highest BCUT2D eigenvalue weighted by Gasteiger charge is 2.30. The Morgan fingerprint density at radius 3 is 2.04 bits per heavy atom. The molecule has 0 radical (unpaired) electrons. The second kappa shape index (κ2) is 7.23. The highest BCUT2D eigenvalue weighted by Crippen LogP contribution is 2.29. The zero-order valence-corrected chi connectivity index (χ0v) is 13.3. The van der Waals surface area contributed by atoms with Crippen LogP contribution in [0.2, 0.25) is 0 Å². The van der Waals surface area contributed by atoms with E-state index in [0.29, 0.717) is 0 Å². The summed E-state index contributed by atoms with van der Waals surface area (Å²) in [6, 6.07) is 20.6. The van der Waals surface area contributed by atoms with Gasteiger partial charge in [0.15, 0.2) is 0 Å². The number of benzene rings is 2. The van der Waals surface area contributed by atoms with Gasteiger partial charge in [0.1, 0.15) is 0 Å². The van der Waals surface area contributed by atoms with Crippen LogP contribution in [0.4, 0.5) is 0 Å². The van der Waals surface area contributed by atoms with Crippen LogP contribution in [0.25, 0.3) is 0 Å². The molecule has 0 aliphatic heterocycles. The van der Waals surface area contributed by atoms with Gasteiger partial charge < -0.3 is 4.74 Å². The molecule has 1 aliphatic carbocycles. The van der Waals surface area contributed by atoms with E-state index in [0.717, 1.165) is 36.1 Å². The van der Waals surface area contributed by atoms with Gasteiger partial charge in [0.05, 0.1) is 24.8 Å². The van der Waals surface area contributed by atoms with E-state index in [1.807, 2.05) is 36.4 Å². The van der Waals surface area contributed by atoms with Gasteiger partial charge in [-0.15, -0.1) is 0 Å². The average Bonchev–Trinajstić information content (AvgIpc) is 3.09. The molecular formula is C20H21NO2. The zero-order valence-electron chi connectivity index (χ0n) is 13.3. The molecule has 0 N–H and O–H groups in total. The number of hydrogen-bond acceptors (Lipinski definition) is 3. The third kappa shape index (κ3) is 3.67. The normalized spacial score (nSPS) is 20.0. The van der Waals surface area contributed by atoms with E-state index in [9.17, 15) is 4.79 Å². The van der Waals surface area contributed by atoms with E-state index in [1.165, 1.54) is 7.11 Å². The van der Waals surface area contributed by atoms with Crippen LogP contribution in [-0.4, -0.2) is 24.8 Å². The molecule has 1 saturated carbocycles. The van der Waals surface area contributed by atoms with Crippen LogP contribution in [0.1, 0.15) is 30.4 Å². The third-order valence-corrected chi connectivity index (χ3v) is 4.35. The number of ether oxygens (including phenoxy) is 1. The molecule has 0 spiro atoms. The number of aliphatic imine (C=N–C) groups is 1. The first-order valence-corrected chi connectivity index (χ1v) is 8.04. The molecule has 2 atom stereocenters. The second-order valence-electron chi connectivity index (χ2n) is 5.90. The summed E-state index contributed by atoms with van der Waals surface area (Å²) in [6.45, 7) is 0. The van der Waals surface area contributed by atoms with Crippen molar-refractivity contribution in [3.63, 3.8) is 0 Å². The van der Waals surface area contributed by atoms with Crippen molar-refractivity contribution in [2.75, 3.05) is 7.11 Å². The molecule has 0 aromatic heterocycles. The van der Waals surface area contributed by atoms with E-state index in [1.54, 1.807) is 0 Å². The maximum Gasteiger partial charge on any atom is 0.308 e. The first-order chi connectivity index (χ1) is 11.3. The summed E-state index contributed by atoms with van der Waals surface area (Å²) in [6.07, 6.45) is 2.57. The van der Waals surface area contributed by atoms with Crippen LogP contribution >= 0.6 is 0 Å². The molecule has 1 aliphatic rings. The summed E-state index contributed by atoms with van der Waals surface area (Å²) >= 11 is 0. The molecule has 0 saturated heterocycles. The Hall–Kier alpha value is -2.42. The van der Waals surface area contributed by atoms with E-state index in [4.69, 9.17) is 9.73 Å². The summed E-state index contributed by atoms with van der Waals surface area (Å²) in [5, 5.41) is 0. The highest BCUT2D eigenvalue weighted by molar-refractivity contribution is 6.13. The summed E-state index contributed by atoms with van der Waals surface area (Å²) in [4.78, 5) is 16.7. The van der Waals surface area contributed by atoms with Gasteiger partial charge in [-0.05, 0) is 19.3 Å². The van der Waals surface area contributed by atoms with Crippen molar-refractivity contribution in [2.45, 2.75) is 25.3 Å². The highest BCUT2D eigenvalue weighted by atomic mass is 16.5. The third-order valence-electron chi connectivity index (χ3n) is 4.35. The van der Waals surface area contributed by atoms with Crippen molar-refractivity contribution >= 4 is 11.7 Å². The predicted octanol–water partition coefficient (Wildman–Crippen LogP) is 3.87. The minimum Gasteiger partial charge on any atom is -0.469 e. The molecule has 1 fully saturated rings. The number of hydrogen-bond donors (Lipinski definition) is 0. The number of nitrogens with zero attached hydrogens (tertiary/aromatic N) is 1. The van der Waals surface area contributed by atoms with Gasteiger partial charge >= 0.3 is 5.97 Å². The van der Waals surface area contributed by atoms with Crippen LogP contribution in [0.5, 0.6) is 0 Å². The fraction of sp³-hybridized carbons (Fsp3) is 0.300. The summed E-state index contributed by atoms with van der Waals surface area (Å²) in [5.41, 5.74) is 3.22. The van der Waals surface area contributed by atoms with Gasteiger partial charge in [-0.1, -0.05) is 60.7 Å². The summed E-state index contributed by atoms with van der Waals surface area (Å²) in [5.74, 6) is -0.120. The maximum absolute atomic E-state index is 11.7. The number of esters is 1. The first kappa shape index (κ1) is 15.5. The van der Waals surface area contributed by atoms with Gasteiger partial charge in [0.2, 0.25) is 0 Å². The molecule has 0 bridgehead atoms. The molecule has 3 nitrogen and oxygen atoms in total. The Kier molecular flexibility index (Phi) is 4.86. The molecule has 1 unspecified atom stereocenters. The predicted molar refractivity (Wildman–Crippen MR) is 91.7 cm³/mol. The fourth-order valence-corrected chi connectivity index (χ4v) is 3.15. The summed E-state index contributed by atoms with van der Waals surface area (Å²) < 4.78 is 4.87. The SMILES string of the molecule is COC(=O)C1CC[C@@H](N=C(c2ccccc2)c2ccccc2)C1. The lowest BCUT2D eigenvalue weighted by Crippen LogP contribution is -2.14. The van der Waals surface area contributed by atoms with Gasteiger partial charge in [-0.25, -0.2) is 0 Å². The van der Waals surface area contributed by atoms with E-state index < -0.39 is 0 Å². The van der Waals surface area contributed by atoms with Gasteiger partial charge in [-0.2, -0.15) is 0 Å². The lowest BCUT2D eigenvalue weighted by Gasteiger charge is -2.11. The topological polar surface area (TPSA) is 38.7 Å². The lowest BCUT2D eigenvalue weighted by atomic mass is 10.0. The standard InChI is InChI=1S/C20H21NO2/c1-23-20(22)17-12-13-18(14-17)21-19(15-8-4-2-5-9-15)16-10-6-3-7-11-16/h2-11,17-18H,12-14H2,1H3/t17?,18-/m1/s1. The van der Waals surface area contributed by atoms with E-state index in [2.05, 4.69) is 24.3 Å². The molecule has 2 aromatic carbocycles. The van der Waals surface area contributed by atoms with Crippen LogP contribution < -0.4 is 0 Å². The molecule has 0 amide bonds. The second-order valence-corrected chi connectivity index (χ2v) is 5.90. The van der Waals surface area contributed by atoms with Crippen LogP contribution in [0.15, 0.2) is 65.7 Å². The van der Waals surface area contributed by atoms with Crippen molar-refractivity contribution in [3.05, 3.63) is 71.8 Å². The van der Waals surface area contributed by atoms with Gasteiger partial charge in [-0.3, -0.25) is 9.79 Å². The quantitative estimate of drug-likeness (QED) is 0.635. The van der Waals surface area contributed by atoms with Crippen LogP contribution in [-0.2, 0) is 9.53 Å². The van der Waals surface area contributed by atoms with Crippen molar-refractivity contribution in [3.8, 4) is 0 Å². The van der Waals surface area contributed by atoms with E-state index in [-0.39, 0.29) is 17.9 Å². The maximum atomic E-state index is 11.7. The largest absolute Gasteiger partial charge is 0.469 e. The summed E-state index contributed by atoms with van der Waals surface area (Å²) in [7, 11) is 1.46. The molecule has 118 valence electrons. The lowest BCUT2D eigenvalue weighted by molar-refractivity contribution is -0.145.